The number of anilines is 1. The molecular formula is C56H67NS. The normalized spacial score (nSPS) is 21.9. The van der Waals surface area contributed by atoms with Crippen LogP contribution in [0.3, 0.4) is 0 Å². The number of fused-ring (bicyclic) bond motifs is 5. The Morgan fingerprint density at radius 2 is 1.38 bits per heavy atom. The lowest BCUT2D eigenvalue weighted by molar-refractivity contribution is 0.402. The van der Waals surface area contributed by atoms with E-state index in [1.165, 1.54) is 139 Å². The van der Waals surface area contributed by atoms with Gasteiger partial charge in [0.25, 0.3) is 0 Å². The lowest BCUT2D eigenvalue weighted by Crippen LogP contribution is -2.29. The quantitative estimate of drug-likeness (QED) is 0.0676. The third-order valence-corrected chi connectivity index (χ3v) is 15.3. The summed E-state index contributed by atoms with van der Waals surface area (Å²) < 4.78 is 0. The first-order chi connectivity index (χ1) is 28.4. The Hall–Kier alpha value is -4.14. The molecule has 0 radical (unpaired) electrons. The maximum absolute atomic E-state index is 4.38. The summed E-state index contributed by atoms with van der Waals surface area (Å²) >= 11 is 1.95. The van der Waals surface area contributed by atoms with Crippen LogP contribution in [0.15, 0.2) is 133 Å². The van der Waals surface area contributed by atoms with E-state index < -0.39 is 0 Å². The van der Waals surface area contributed by atoms with Gasteiger partial charge in [-0.15, -0.1) is 11.3 Å². The molecule has 0 amide bonds. The molecule has 4 aliphatic rings. The molecule has 4 aliphatic carbocycles. The molecule has 3 aromatic carbocycles. The van der Waals surface area contributed by atoms with E-state index in [-0.39, 0.29) is 10.8 Å². The van der Waals surface area contributed by atoms with E-state index in [9.17, 15) is 0 Å². The van der Waals surface area contributed by atoms with Crippen LogP contribution in [0.2, 0.25) is 0 Å². The molecule has 2 heteroatoms. The smallest absolute Gasteiger partial charge is 0.0462 e. The highest BCUT2D eigenvalue weighted by Crippen LogP contribution is 2.59. The van der Waals surface area contributed by atoms with Gasteiger partial charge in [-0.3, -0.25) is 0 Å². The van der Waals surface area contributed by atoms with Gasteiger partial charge < -0.3 is 4.90 Å². The molecule has 8 rings (SSSR count). The number of rotatable bonds is 19. The fourth-order valence-corrected chi connectivity index (χ4v) is 12.2. The van der Waals surface area contributed by atoms with Crippen molar-refractivity contribution < 1.29 is 0 Å². The Balaban J connectivity index is 1.32. The van der Waals surface area contributed by atoms with Crippen molar-refractivity contribution in [3.8, 4) is 11.1 Å². The van der Waals surface area contributed by atoms with E-state index in [2.05, 4.69) is 149 Å². The Kier molecular flexibility index (Phi) is 12.3. The molecule has 1 aromatic heterocycles. The fraction of sp³-hybridized carbons (Fsp3) is 0.429. The summed E-state index contributed by atoms with van der Waals surface area (Å²) in [4.78, 5) is 5.53. The molecule has 1 fully saturated rings. The predicted octanol–water partition coefficient (Wildman–Crippen LogP) is 16.4. The van der Waals surface area contributed by atoms with Crippen molar-refractivity contribution in [2.24, 2.45) is 11.8 Å². The monoisotopic (exact) mass is 785 g/mol. The Bertz CT molecular complexity index is 2230. The van der Waals surface area contributed by atoms with Gasteiger partial charge in [-0.1, -0.05) is 164 Å². The van der Waals surface area contributed by atoms with Crippen molar-refractivity contribution >= 4 is 22.6 Å². The van der Waals surface area contributed by atoms with Crippen molar-refractivity contribution in [1.82, 2.24) is 0 Å². The number of benzene rings is 3. The third-order valence-electron chi connectivity index (χ3n) is 14.3. The molecule has 302 valence electrons. The van der Waals surface area contributed by atoms with Crippen LogP contribution in [0, 0.1) is 18.8 Å². The van der Waals surface area contributed by atoms with Crippen LogP contribution in [0.1, 0.15) is 150 Å². The van der Waals surface area contributed by atoms with Crippen molar-refractivity contribution in [2.45, 2.75) is 142 Å². The minimum atomic E-state index is 0.0370. The third kappa shape index (κ3) is 7.38. The number of hydrogen-bond acceptors (Lipinski definition) is 2. The predicted molar refractivity (Wildman–Crippen MR) is 253 cm³/mol. The lowest BCUT2D eigenvalue weighted by atomic mass is 9.70. The van der Waals surface area contributed by atoms with E-state index in [0.717, 1.165) is 6.42 Å². The van der Waals surface area contributed by atoms with E-state index >= 15 is 0 Å². The number of unbranched alkanes of at least 4 members (excludes halogenated alkanes) is 5. The van der Waals surface area contributed by atoms with Gasteiger partial charge in [-0.2, -0.15) is 0 Å². The molecule has 1 nitrogen and oxygen atoms in total. The summed E-state index contributed by atoms with van der Waals surface area (Å²) in [6.45, 7) is 16.0. The Morgan fingerprint density at radius 3 is 2.09 bits per heavy atom. The van der Waals surface area contributed by atoms with Crippen molar-refractivity contribution in [3.63, 3.8) is 0 Å². The number of allylic oxidation sites excluding steroid dienone is 8. The molecule has 58 heavy (non-hydrogen) atoms. The molecule has 4 aromatic rings. The van der Waals surface area contributed by atoms with Crippen LogP contribution in [-0.2, 0) is 17.3 Å². The first-order valence-electron chi connectivity index (χ1n) is 23.1. The zero-order chi connectivity index (χ0) is 40.3. The topological polar surface area (TPSA) is 3.24 Å². The number of nitrogens with zero attached hydrogens (tertiary/aromatic N) is 1. The fourth-order valence-electron chi connectivity index (χ4n) is 11.3. The second-order valence-electron chi connectivity index (χ2n) is 17.9. The summed E-state index contributed by atoms with van der Waals surface area (Å²) in [5, 5.41) is 0. The van der Waals surface area contributed by atoms with Gasteiger partial charge in [-0.25, -0.2) is 0 Å². The summed E-state index contributed by atoms with van der Waals surface area (Å²) in [5.41, 5.74) is 16.3. The molecule has 1 saturated carbocycles. The molecule has 0 spiro atoms. The Labute approximate surface area is 355 Å². The molecule has 0 saturated heterocycles. The van der Waals surface area contributed by atoms with E-state index in [0.29, 0.717) is 11.8 Å². The summed E-state index contributed by atoms with van der Waals surface area (Å²) in [7, 11) is 0. The summed E-state index contributed by atoms with van der Waals surface area (Å²) in [5.74, 6) is 1.07. The van der Waals surface area contributed by atoms with Crippen LogP contribution < -0.4 is 4.90 Å². The number of thiophene rings is 1. The van der Waals surface area contributed by atoms with E-state index in [4.69, 9.17) is 0 Å². The highest BCUT2D eigenvalue weighted by atomic mass is 32.1. The minimum Gasteiger partial charge on any atom is -0.314 e. The van der Waals surface area contributed by atoms with Gasteiger partial charge in [0.2, 0.25) is 0 Å². The highest BCUT2D eigenvalue weighted by Gasteiger charge is 2.48. The molecule has 1 heterocycles. The van der Waals surface area contributed by atoms with Crippen molar-refractivity contribution in [2.75, 3.05) is 4.90 Å². The maximum atomic E-state index is 4.38. The van der Waals surface area contributed by atoms with Gasteiger partial charge in [0.15, 0.2) is 0 Å². The van der Waals surface area contributed by atoms with Crippen LogP contribution in [0.25, 0.3) is 16.7 Å². The zero-order valence-electron chi connectivity index (χ0n) is 36.2. The number of hydrogen-bond donors (Lipinski definition) is 0. The van der Waals surface area contributed by atoms with Crippen LogP contribution in [0.4, 0.5) is 5.69 Å². The first-order valence-corrected chi connectivity index (χ1v) is 23.9. The molecule has 0 N–H and O–H groups in total. The standard InChI is InChI=1S/C56H67NS/c1-7-12-20-35-55(32-13-8-2)42(36-41-22-16-18-24-50(41)55)37-43(21-11-5)57(53-30-29-47(48-39-49(48)53)54-31-26-40(6)58-54)44-27-28-46-45-23-17-19-25-51(45)56(33-14-9-3,34-15-10-4)52(46)38-44/h11,16-19,21-31,37-38,48-49H,5,7-10,12-15,20,32-36,39H2,1-4,6H3/b42-37+,43-21+. The van der Waals surface area contributed by atoms with Crippen LogP contribution >= 0.6 is 11.3 Å². The molecule has 0 bridgehead atoms. The summed E-state index contributed by atoms with van der Waals surface area (Å²) in [6, 6.07) is 31.0. The minimum absolute atomic E-state index is 0.0370. The maximum Gasteiger partial charge on any atom is 0.0462 e. The van der Waals surface area contributed by atoms with Gasteiger partial charge >= 0.3 is 0 Å². The zero-order valence-corrected chi connectivity index (χ0v) is 37.0. The number of aryl methyl sites for hydroxylation is 1. The highest BCUT2D eigenvalue weighted by molar-refractivity contribution is 7.13. The van der Waals surface area contributed by atoms with Gasteiger partial charge in [0.1, 0.15) is 0 Å². The Morgan fingerprint density at radius 1 is 0.707 bits per heavy atom. The van der Waals surface area contributed by atoms with E-state index in [1.807, 2.05) is 17.4 Å². The van der Waals surface area contributed by atoms with Gasteiger partial charge in [-0.05, 0) is 133 Å². The average molecular weight is 786 g/mol. The largest absolute Gasteiger partial charge is 0.314 e. The van der Waals surface area contributed by atoms with E-state index in [1.54, 1.807) is 22.3 Å². The molecular weight excluding hydrogens is 719 g/mol. The lowest BCUT2D eigenvalue weighted by Gasteiger charge is -2.36. The second-order valence-corrected chi connectivity index (χ2v) is 19.2. The van der Waals surface area contributed by atoms with Gasteiger partial charge in [0, 0.05) is 43.6 Å². The molecule has 3 unspecified atom stereocenters. The molecule has 3 atom stereocenters. The average Bonchev–Trinajstić information content (AvgIpc) is 3.75. The van der Waals surface area contributed by atoms with Crippen LogP contribution in [-0.4, -0.2) is 0 Å². The van der Waals surface area contributed by atoms with Gasteiger partial charge in [0.05, 0.1) is 0 Å². The van der Waals surface area contributed by atoms with Crippen molar-refractivity contribution in [3.05, 3.63) is 165 Å². The molecule has 0 aliphatic heterocycles. The van der Waals surface area contributed by atoms with Crippen molar-refractivity contribution in [1.29, 1.82) is 0 Å². The summed E-state index contributed by atoms with van der Waals surface area (Å²) in [6.07, 6.45) is 30.2. The first kappa shape index (κ1) is 40.6. The second kappa shape index (κ2) is 17.6. The van der Waals surface area contributed by atoms with Crippen LogP contribution in [0.5, 0.6) is 0 Å². The SMILES string of the molecule is C=C/C=C(\C=C1/Cc2ccccc2C1(CCCC)CCCCC)N(C1=CC=C(c2ccc(C)s2)C2CC12)c1ccc2c(c1)C(CCCC)(CCCC)c1ccccc1-2.